The first-order chi connectivity index (χ1) is 14.8. The van der Waals surface area contributed by atoms with Gasteiger partial charge in [-0.2, -0.15) is 0 Å². The zero-order valence-electron chi connectivity index (χ0n) is 18.1. The molecule has 2 aromatic heterocycles. The van der Waals surface area contributed by atoms with Crippen LogP contribution in [0.15, 0.2) is 42.6 Å². The molecule has 160 valence electrons. The van der Waals surface area contributed by atoms with Crippen LogP contribution >= 0.6 is 0 Å². The predicted octanol–water partition coefficient (Wildman–Crippen LogP) is 5.45. The van der Waals surface area contributed by atoms with E-state index in [2.05, 4.69) is 40.0 Å². The maximum Gasteiger partial charge on any atom is 0.213 e. The van der Waals surface area contributed by atoms with Gasteiger partial charge in [0.2, 0.25) is 5.88 Å². The largest absolute Gasteiger partial charge is 0.478 e. The Hall–Kier alpha value is -2.40. The Kier molecular flexibility index (Phi) is 7.35. The highest BCUT2D eigenvalue weighted by Crippen LogP contribution is 2.27. The summed E-state index contributed by atoms with van der Waals surface area (Å²) in [6.45, 7) is 6.29. The Labute approximate surface area is 179 Å². The highest BCUT2D eigenvalue weighted by atomic mass is 16.5. The molecule has 0 bridgehead atoms. The maximum absolute atomic E-state index is 5.99. The van der Waals surface area contributed by atoms with Crippen LogP contribution in [0, 0.1) is 5.92 Å². The van der Waals surface area contributed by atoms with E-state index in [4.69, 9.17) is 9.72 Å². The minimum Gasteiger partial charge on any atom is -0.478 e. The number of fused-ring (bicyclic) bond motifs is 1. The van der Waals surface area contributed by atoms with Gasteiger partial charge in [0.1, 0.15) is 5.82 Å². The molecule has 0 atom stereocenters. The molecule has 1 N–H and O–H groups in total. The smallest absolute Gasteiger partial charge is 0.213 e. The third-order valence-corrected chi connectivity index (χ3v) is 6.10. The summed E-state index contributed by atoms with van der Waals surface area (Å²) in [6, 6.07) is 12.4. The lowest BCUT2D eigenvalue weighted by Crippen LogP contribution is -2.27. The van der Waals surface area contributed by atoms with E-state index in [1.165, 1.54) is 44.3 Å². The van der Waals surface area contributed by atoms with E-state index in [0.717, 1.165) is 55.2 Å². The van der Waals surface area contributed by atoms with Gasteiger partial charge in [0.05, 0.1) is 17.6 Å². The number of para-hydroxylation sites is 2. The molecule has 3 aromatic rings. The number of hydrogen-bond donors (Lipinski definition) is 1. The topological polar surface area (TPSA) is 52.0 Å². The lowest BCUT2D eigenvalue weighted by atomic mass is 9.93. The average molecular weight is 407 g/mol. The molecule has 30 heavy (non-hydrogen) atoms. The number of piperidine rings is 1. The van der Waals surface area contributed by atoms with Crippen molar-refractivity contribution in [3.63, 3.8) is 0 Å². The van der Waals surface area contributed by atoms with Crippen molar-refractivity contribution in [1.82, 2.24) is 19.9 Å². The fourth-order valence-corrected chi connectivity index (χ4v) is 4.35. The molecule has 0 spiro atoms. The molecule has 0 unspecified atom stereocenters. The minimum absolute atomic E-state index is 0.698. The van der Waals surface area contributed by atoms with Crippen molar-refractivity contribution in [1.29, 1.82) is 0 Å². The molecule has 1 fully saturated rings. The van der Waals surface area contributed by atoms with E-state index in [-0.39, 0.29) is 0 Å². The second-order valence-electron chi connectivity index (χ2n) is 8.35. The third kappa shape index (κ3) is 5.20. The molecule has 4 rings (SSSR count). The monoisotopic (exact) mass is 406 g/mol. The Morgan fingerprint density at radius 3 is 2.83 bits per heavy atom. The average Bonchev–Trinajstić information content (AvgIpc) is 3.17. The fraction of sp³-hybridized carbons (Fsp3) is 0.520. The molecular weight excluding hydrogens is 372 g/mol. The number of hydrogen-bond acceptors (Lipinski definition) is 4. The van der Waals surface area contributed by atoms with Crippen molar-refractivity contribution in [3.05, 3.63) is 42.6 Å². The molecule has 5 nitrogen and oxygen atoms in total. The molecular formula is C25H34N4O. The van der Waals surface area contributed by atoms with Crippen LogP contribution in [-0.2, 0) is 6.54 Å². The predicted molar refractivity (Wildman–Crippen MR) is 123 cm³/mol. The van der Waals surface area contributed by atoms with E-state index < -0.39 is 0 Å². The second kappa shape index (κ2) is 10.6. The third-order valence-electron chi connectivity index (χ3n) is 6.10. The highest BCUT2D eigenvalue weighted by molar-refractivity contribution is 5.80. The molecule has 0 amide bonds. The van der Waals surface area contributed by atoms with Crippen LogP contribution in [0.1, 0.15) is 51.9 Å². The number of rotatable bonds is 10. The summed E-state index contributed by atoms with van der Waals surface area (Å²) in [6.07, 6.45) is 10.4. The number of ether oxygens (including phenoxy) is 1. The van der Waals surface area contributed by atoms with Gasteiger partial charge in [0, 0.05) is 24.4 Å². The number of nitrogens with one attached hydrogen (secondary N) is 1. The van der Waals surface area contributed by atoms with Crippen molar-refractivity contribution in [2.24, 2.45) is 5.92 Å². The van der Waals surface area contributed by atoms with Crippen LogP contribution in [0.25, 0.3) is 22.4 Å². The molecule has 1 saturated heterocycles. The van der Waals surface area contributed by atoms with Crippen molar-refractivity contribution < 1.29 is 4.74 Å². The van der Waals surface area contributed by atoms with Gasteiger partial charge in [-0.3, -0.25) is 0 Å². The molecule has 1 aliphatic heterocycles. The van der Waals surface area contributed by atoms with Crippen molar-refractivity contribution in [3.8, 4) is 17.3 Å². The molecule has 1 aliphatic rings. The van der Waals surface area contributed by atoms with Gasteiger partial charge in [-0.1, -0.05) is 31.9 Å². The van der Waals surface area contributed by atoms with E-state index in [9.17, 15) is 0 Å². The fourth-order valence-electron chi connectivity index (χ4n) is 4.35. The van der Waals surface area contributed by atoms with Gasteiger partial charge in [-0.15, -0.1) is 0 Å². The normalized spacial score (nSPS) is 15.0. The number of aromatic nitrogens is 3. The van der Waals surface area contributed by atoms with Gasteiger partial charge in [-0.25, -0.2) is 9.97 Å². The van der Waals surface area contributed by atoms with Gasteiger partial charge in [-0.05, 0) is 69.3 Å². The Balaban J connectivity index is 1.39. The van der Waals surface area contributed by atoms with Crippen molar-refractivity contribution >= 4 is 11.0 Å². The number of nitrogens with zero attached hydrogens (tertiary/aromatic N) is 3. The maximum atomic E-state index is 5.99. The Bertz CT molecular complexity index is 930. The number of aryl methyl sites for hydroxylation is 1. The lowest BCUT2D eigenvalue weighted by Gasteiger charge is -2.22. The summed E-state index contributed by atoms with van der Waals surface area (Å²) in [5.41, 5.74) is 3.31. The zero-order chi connectivity index (χ0) is 20.6. The molecule has 0 aliphatic carbocycles. The zero-order valence-corrected chi connectivity index (χ0v) is 18.1. The number of benzene rings is 1. The van der Waals surface area contributed by atoms with E-state index in [1.807, 2.05) is 24.4 Å². The van der Waals surface area contributed by atoms with E-state index in [1.54, 1.807) is 0 Å². The summed E-state index contributed by atoms with van der Waals surface area (Å²) in [5, 5.41) is 3.44. The Morgan fingerprint density at radius 2 is 1.97 bits per heavy atom. The van der Waals surface area contributed by atoms with Gasteiger partial charge >= 0.3 is 0 Å². The molecule has 5 heteroatoms. The standard InChI is InChI=1S/C25H34N4O/c1-2-3-17-29-23-10-5-4-9-22(23)28-25(29)21-13-16-27-24(19-21)30-18-7-6-8-20-11-14-26-15-12-20/h4-5,9-10,13,16,19-20,26H,2-3,6-8,11-12,14-15,17-18H2,1H3. The SMILES string of the molecule is CCCCn1c(-c2ccnc(OCCCCC3CCNCC3)c2)nc2ccccc21. The van der Waals surface area contributed by atoms with Gasteiger partial charge in [0.25, 0.3) is 0 Å². The van der Waals surface area contributed by atoms with Crippen LogP contribution < -0.4 is 10.1 Å². The van der Waals surface area contributed by atoms with Crippen LogP contribution in [-0.4, -0.2) is 34.2 Å². The first-order valence-electron chi connectivity index (χ1n) is 11.6. The second-order valence-corrected chi connectivity index (χ2v) is 8.35. The Morgan fingerprint density at radius 1 is 1.10 bits per heavy atom. The van der Waals surface area contributed by atoms with Crippen LogP contribution in [0.3, 0.4) is 0 Å². The lowest BCUT2D eigenvalue weighted by molar-refractivity contribution is 0.279. The molecule has 0 saturated carbocycles. The summed E-state index contributed by atoms with van der Waals surface area (Å²) >= 11 is 0. The number of pyridine rings is 1. The van der Waals surface area contributed by atoms with Crippen molar-refractivity contribution in [2.75, 3.05) is 19.7 Å². The summed E-state index contributed by atoms with van der Waals surface area (Å²) < 4.78 is 8.32. The van der Waals surface area contributed by atoms with E-state index in [0.29, 0.717) is 5.88 Å². The van der Waals surface area contributed by atoms with Gasteiger partial charge < -0.3 is 14.6 Å². The molecule has 0 radical (unpaired) electrons. The van der Waals surface area contributed by atoms with E-state index >= 15 is 0 Å². The first-order valence-corrected chi connectivity index (χ1v) is 11.6. The molecule has 1 aromatic carbocycles. The summed E-state index contributed by atoms with van der Waals surface area (Å²) in [4.78, 5) is 9.34. The molecule has 3 heterocycles. The quantitative estimate of drug-likeness (QED) is 0.455. The van der Waals surface area contributed by atoms with Crippen molar-refractivity contribution in [2.45, 2.75) is 58.4 Å². The number of imidazole rings is 1. The van der Waals surface area contributed by atoms with Crippen LogP contribution in [0.2, 0.25) is 0 Å². The highest BCUT2D eigenvalue weighted by Gasteiger charge is 2.14. The van der Waals surface area contributed by atoms with Gasteiger partial charge in [0.15, 0.2) is 0 Å². The van der Waals surface area contributed by atoms with Crippen LogP contribution in [0.4, 0.5) is 0 Å². The number of unbranched alkanes of at least 4 members (excludes halogenated alkanes) is 2. The van der Waals surface area contributed by atoms with Crippen LogP contribution in [0.5, 0.6) is 5.88 Å². The first kappa shape index (κ1) is 20.9. The summed E-state index contributed by atoms with van der Waals surface area (Å²) in [5.74, 6) is 2.59. The summed E-state index contributed by atoms with van der Waals surface area (Å²) in [7, 11) is 0. The minimum atomic E-state index is 0.698.